The lowest BCUT2D eigenvalue weighted by atomic mass is 10.2. The van der Waals surface area contributed by atoms with Gasteiger partial charge in [-0.1, -0.05) is 25.1 Å². The minimum atomic E-state index is -0.571. The van der Waals surface area contributed by atoms with Crippen LogP contribution in [-0.2, 0) is 6.42 Å². The van der Waals surface area contributed by atoms with Crippen molar-refractivity contribution in [2.45, 2.75) is 13.3 Å². The van der Waals surface area contributed by atoms with Gasteiger partial charge in [-0.3, -0.25) is 10.1 Å². The number of aryl methyl sites for hydroxylation is 1. The first-order valence-electron chi connectivity index (χ1n) is 8.28. The van der Waals surface area contributed by atoms with Crippen LogP contribution in [0.2, 0.25) is 0 Å². The molecule has 3 rings (SSSR count). The second-order valence-corrected chi connectivity index (χ2v) is 5.59. The van der Waals surface area contributed by atoms with Crippen LogP contribution in [0, 0.1) is 10.1 Å². The summed E-state index contributed by atoms with van der Waals surface area (Å²) in [7, 11) is 1.54. The van der Waals surface area contributed by atoms with Crippen LogP contribution in [0.25, 0.3) is 0 Å². The average Bonchev–Trinajstić information content (AvgIpc) is 2.68. The molecule has 138 valence electrons. The van der Waals surface area contributed by atoms with Crippen LogP contribution in [0.15, 0.2) is 54.9 Å². The maximum atomic E-state index is 11.6. The summed E-state index contributed by atoms with van der Waals surface area (Å²) in [5, 5.41) is 14.5. The molecular formula is C19H18N4O4. The molecule has 27 heavy (non-hydrogen) atoms. The molecular weight excluding hydrogens is 348 g/mol. The van der Waals surface area contributed by atoms with Crippen molar-refractivity contribution in [3.8, 4) is 17.4 Å². The number of nitrogens with one attached hydrogen (secondary N) is 1. The number of hydrogen-bond donors (Lipinski definition) is 1. The van der Waals surface area contributed by atoms with Gasteiger partial charge in [-0.25, -0.2) is 4.98 Å². The van der Waals surface area contributed by atoms with Crippen LogP contribution < -0.4 is 14.8 Å². The average molecular weight is 366 g/mol. The molecule has 1 aromatic heterocycles. The van der Waals surface area contributed by atoms with E-state index in [0.717, 1.165) is 12.0 Å². The number of anilines is 2. The number of benzene rings is 2. The van der Waals surface area contributed by atoms with Gasteiger partial charge in [0.1, 0.15) is 17.8 Å². The molecule has 0 aliphatic rings. The molecule has 8 nitrogen and oxygen atoms in total. The summed E-state index contributed by atoms with van der Waals surface area (Å²) in [6, 6.07) is 14.3. The lowest BCUT2D eigenvalue weighted by Crippen LogP contribution is -2.03. The number of ether oxygens (including phenoxy) is 2. The van der Waals surface area contributed by atoms with Gasteiger partial charge in [-0.05, 0) is 36.2 Å². The van der Waals surface area contributed by atoms with Gasteiger partial charge in [0.2, 0.25) is 5.82 Å². The van der Waals surface area contributed by atoms with Crippen LogP contribution >= 0.6 is 0 Å². The summed E-state index contributed by atoms with van der Waals surface area (Å²) < 4.78 is 10.8. The van der Waals surface area contributed by atoms with Gasteiger partial charge in [0, 0.05) is 11.8 Å². The van der Waals surface area contributed by atoms with Gasteiger partial charge in [-0.2, -0.15) is 4.98 Å². The lowest BCUT2D eigenvalue weighted by molar-refractivity contribution is -0.385. The fraction of sp³-hybridized carbons (Fsp3) is 0.158. The van der Waals surface area contributed by atoms with E-state index in [2.05, 4.69) is 15.3 Å². The van der Waals surface area contributed by atoms with Crippen LogP contribution in [0.1, 0.15) is 12.5 Å². The van der Waals surface area contributed by atoms with Crippen molar-refractivity contribution in [2.75, 3.05) is 12.4 Å². The first-order valence-corrected chi connectivity index (χ1v) is 8.28. The monoisotopic (exact) mass is 366 g/mol. The zero-order valence-electron chi connectivity index (χ0n) is 14.9. The fourth-order valence-corrected chi connectivity index (χ4v) is 2.44. The Morgan fingerprint density at radius 3 is 2.56 bits per heavy atom. The fourth-order valence-electron chi connectivity index (χ4n) is 2.44. The van der Waals surface area contributed by atoms with Crippen molar-refractivity contribution in [2.24, 2.45) is 0 Å². The first-order chi connectivity index (χ1) is 13.1. The smallest absolute Gasteiger partial charge is 0.373 e. The Morgan fingerprint density at radius 1 is 1.11 bits per heavy atom. The van der Waals surface area contributed by atoms with E-state index in [9.17, 15) is 10.1 Å². The van der Waals surface area contributed by atoms with Gasteiger partial charge >= 0.3 is 11.6 Å². The normalized spacial score (nSPS) is 10.3. The molecule has 0 saturated carbocycles. The van der Waals surface area contributed by atoms with E-state index in [1.165, 1.54) is 6.33 Å². The summed E-state index contributed by atoms with van der Waals surface area (Å²) in [4.78, 5) is 19.0. The minimum Gasteiger partial charge on any atom is -0.497 e. The molecule has 1 heterocycles. The predicted octanol–water partition coefficient (Wildman–Crippen LogP) is 4.49. The lowest BCUT2D eigenvalue weighted by Gasteiger charge is -2.10. The highest BCUT2D eigenvalue weighted by molar-refractivity contribution is 5.69. The molecule has 1 N–H and O–H groups in total. The Morgan fingerprint density at radius 2 is 1.89 bits per heavy atom. The zero-order chi connectivity index (χ0) is 19.2. The number of methoxy groups -OCH3 is 1. The molecule has 0 fully saturated rings. The molecule has 0 amide bonds. The van der Waals surface area contributed by atoms with E-state index in [1.54, 1.807) is 43.5 Å². The molecule has 0 spiro atoms. The Kier molecular flexibility index (Phi) is 5.46. The van der Waals surface area contributed by atoms with Gasteiger partial charge in [-0.15, -0.1) is 0 Å². The molecule has 2 aromatic carbocycles. The predicted molar refractivity (Wildman–Crippen MR) is 101 cm³/mol. The van der Waals surface area contributed by atoms with Crippen LogP contribution in [0.4, 0.5) is 17.2 Å². The summed E-state index contributed by atoms with van der Waals surface area (Å²) in [6.45, 7) is 2.04. The van der Waals surface area contributed by atoms with Crippen molar-refractivity contribution in [1.29, 1.82) is 0 Å². The highest BCUT2D eigenvalue weighted by Crippen LogP contribution is 2.35. The molecule has 0 aliphatic heterocycles. The Labute approximate surface area is 156 Å². The van der Waals surface area contributed by atoms with E-state index >= 15 is 0 Å². The summed E-state index contributed by atoms with van der Waals surface area (Å²) in [6.07, 6.45) is 2.10. The Bertz CT molecular complexity index is 945. The summed E-state index contributed by atoms with van der Waals surface area (Å²) in [5.41, 5.74) is 1.38. The molecule has 0 radical (unpaired) electrons. The third kappa shape index (κ3) is 4.30. The minimum absolute atomic E-state index is 0.0310. The SMILES string of the molecule is CCc1ccc(Oc2ncnc(Nc3cccc(OC)c3)c2[N+](=O)[O-])cc1. The van der Waals surface area contributed by atoms with Gasteiger partial charge < -0.3 is 14.8 Å². The standard InChI is InChI=1S/C19H18N4O4/c1-3-13-7-9-15(10-8-13)27-19-17(23(24)25)18(20-12-21-19)22-14-5-4-6-16(11-14)26-2/h4-12H,3H2,1-2H3,(H,20,21,22). The largest absolute Gasteiger partial charge is 0.497 e. The third-order valence-electron chi connectivity index (χ3n) is 3.85. The number of aromatic nitrogens is 2. The third-order valence-corrected chi connectivity index (χ3v) is 3.85. The zero-order valence-corrected chi connectivity index (χ0v) is 14.9. The highest BCUT2D eigenvalue weighted by atomic mass is 16.6. The van der Waals surface area contributed by atoms with Crippen molar-refractivity contribution in [3.05, 3.63) is 70.5 Å². The Balaban J connectivity index is 1.92. The van der Waals surface area contributed by atoms with Gasteiger partial charge in [0.25, 0.3) is 0 Å². The molecule has 0 atom stereocenters. The van der Waals surface area contributed by atoms with Crippen LogP contribution in [0.5, 0.6) is 17.4 Å². The van der Waals surface area contributed by atoms with Crippen molar-refractivity contribution in [1.82, 2.24) is 9.97 Å². The van der Waals surface area contributed by atoms with E-state index in [0.29, 0.717) is 17.2 Å². The Hall–Kier alpha value is -3.68. The number of hydrogen-bond acceptors (Lipinski definition) is 7. The number of nitrogens with zero attached hydrogens (tertiary/aromatic N) is 3. The molecule has 8 heteroatoms. The van der Waals surface area contributed by atoms with Crippen molar-refractivity contribution in [3.63, 3.8) is 0 Å². The van der Waals surface area contributed by atoms with Crippen LogP contribution in [-0.4, -0.2) is 22.0 Å². The second kappa shape index (κ2) is 8.13. The molecule has 0 saturated heterocycles. The molecule has 0 aliphatic carbocycles. The first kappa shape index (κ1) is 18.1. The maximum absolute atomic E-state index is 11.6. The number of nitro groups is 1. The second-order valence-electron chi connectivity index (χ2n) is 5.59. The quantitative estimate of drug-likeness (QED) is 0.486. The molecule has 0 bridgehead atoms. The maximum Gasteiger partial charge on any atom is 0.373 e. The van der Waals surface area contributed by atoms with E-state index in [1.807, 2.05) is 19.1 Å². The molecule has 0 unspecified atom stereocenters. The van der Waals surface area contributed by atoms with E-state index < -0.39 is 4.92 Å². The highest BCUT2D eigenvalue weighted by Gasteiger charge is 2.25. The van der Waals surface area contributed by atoms with Crippen molar-refractivity contribution >= 4 is 17.2 Å². The topological polar surface area (TPSA) is 99.4 Å². The van der Waals surface area contributed by atoms with Gasteiger partial charge in [0.15, 0.2) is 0 Å². The van der Waals surface area contributed by atoms with Crippen molar-refractivity contribution < 1.29 is 14.4 Å². The number of rotatable bonds is 7. The van der Waals surface area contributed by atoms with Gasteiger partial charge in [0.05, 0.1) is 12.0 Å². The van der Waals surface area contributed by atoms with E-state index in [-0.39, 0.29) is 17.4 Å². The summed E-state index contributed by atoms with van der Waals surface area (Å²) in [5.74, 6) is 0.971. The van der Waals surface area contributed by atoms with E-state index in [4.69, 9.17) is 9.47 Å². The summed E-state index contributed by atoms with van der Waals surface area (Å²) >= 11 is 0. The molecule has 3 aromatic rings. The van der Waals surface area contributed by atoms with Crippen LogP contribution in [0.3, 0.4) is 0 Å².